The van der Waals surface area contributed by atoms with Gasteiger partial charge in [-0.2, -0.15) is 0 Å². The van der Waals surface area contributed by atoms with E-state index in [-0.39, 0.29) is 0 Å². The average Bonchev–Trinajstić information content (AvgIpc) is 2.54. The number of rotatable bonds is 3. The van der Waals surface area contributed by atoms with Gasteiger partial charge in [0.15, 0.2) is 6.29 Å². The second-order valence-corrected chi connectivity index (χ2v) is 4.71. The minimum absolute atomic E-state index is 0.338. The molecule has 0 heterocycles. The summed E-state index contributed by atoms with van der Waals surface area (Å²) in [5.41, 5.74) is 1.93. The molecule has 0 aromatic heterocycles. The number of carbonyl (C=O) groups is 1. The van der Waals surface area contributed by atoms with Crippen LogP contribution in [0.15, 0.2) is 54.6 Å². The number of hydrogen-bond donors (Lipinski definition) is 0. The Morgan fingerprint density at radius 3 is 2.38 bits per heavy atom. The maximum Gasteiger partial charge on any atom is 0.150 e. The summed E-state index contributed by atoms with van der Waals surface area (Å²) >= 11 is 0. The van der Waals surface area contributed by atoms with Crippen LogP contribution in [0.1, 0.15) is 10.4 Å². The fourth-order valence-electron chi connectivity index (χ4n) is 2.56. The van der Waals surface area contributed by atoms with Crippen LogP contribution in [0, 0.1) is 5.82 Å². The van der Waals surface area contributed by atoms with E-state index in [9.17, 15) is 9.18 Å². The molecule has 3 aromatic rings. The van der Waals surface area contributed by atoms with Gasteiger partial charge in [0.2, 0.25) is 0 Å². The highest BCUT2D eigenvalue weighted by molar-refractivity contribution is 6.03. The third kappa shape index (κ3) is 2.27. The first kappa shape index (κ1) is 13.3. The number of hydrogen-bond acceptors (Lipinski definition) is 2. The number of carbonyl (C=O) groups excluding carboxylic acids is 1. The molecule has 0 aliphatic carbocycles. The largest absolute Gasteiger partial charge is 0.496 e. The molecule has 2 nitrogen and oxygen atoms in total. The predicted molar refractivity (Wildman–Crippen MR) is 81.3 cm³/mol. The smallest absolute Gasteiger partial charge is 0.150 e. The highest BCUT2D eigenvalue weighted by Gasteiger charge is 2.11. The number of methoxy groups -OCH3 is 1. The van der Waals surface area contributed by atoms with Gasteiger partial charge in [0, 0.05) is 10.9 Å². The molecular weight excluding hydrogens is 267 g/mol. The first-order valence-electron chi connectivity index (χ1n) is 6.55. The predicted octanol–water partition coefficient (Wildman–Crippen LogP) is 4.47. The zero-order valence-corrected chi connectivity index (χ0v) is 11.5. The van der Waals surface area contributed by atoms with Gasteiger partial charge in [0.1, 0.15) is 11.6 Å². The van der Waals surface area contributed by atoms with Crippen molar-refractivity contribution < 1.29 is 13.9 Å². The van der Waals surface area contributed by atoms with Gasteiger partial charge in [-0.15, -0.1) is 0 Å². The van der Waals surface area contributed by atoms with Crippen molar-refractivity contribution in [1.29, 1.82) is 0 Å². The lowest BCUT2D eigenvalue weighted by atomic mass is 9.94. The Labute approximate surface area is 121 Å². The summed E-state index contributed by atoms with van der Waals surface area (Å²) in [6.45, 7) is 0. The highest BCUT2D eigenvalue weighted by atomic mass is 19.1. The van der Waals surface area contributed by atoms with Crippen molar-refractivity contribution in [1.82, 2.24) is 0 Å². The van der Waals surface area contributed by atoms with Crippen LogP contribution in [0.3, 0.4) is 0 Å². The van der Waals surface area contributed by atoms with Crippen LogP contribution >= 0.6 is 0 Å². The molecular formula is C18H13FO2. The lowest BCUT2D eigenvalue weighted by Gasteiger charge is -2.12. The minimum Gasteiger partial charge on any atom is -0.496 e. The van der Waals surface area contributed by atoms with Crippen molar-refractivity contribution >= 4 is 17.1 Å². The highest BCUT2D eigenvalue weighted by Crippen LogP contribution is 2.35. The summed E-state index contributed by atoms with van der Waals surface area (Å²) in [6, 6.07) is 15.8. The Morgan fingerprint density at radius 2 is 1.67 bits per heavy atom. The van der Waals surface area contributed by atoms with Crippen molar-refractivity contribution in [2.75, 3.05) is 7.11 Å². The van der Waals surface area contributed by atoms with Crippen molar-refractivity contribution in [3.63, 3.8) is 0 Å². The van der Waals surface area contributed by atoms with Crippen molar-refractivity contribution in [2.24, 2.45) is 0 Å². The molecule has 3 aromatic carbocycles. The number of fused-ring (bicyclic) bond motifs is 1. The van der Waals surface area contributed by atoms with Gasteiger partial charge < -0.3 is 4.74 Å². The molecule has 3 heteroatoms. The summed E-state index contributed by atoms with van der Waals surface area (Å²) in [6.07, 6.45) is 0.678. The summed E-state index contributed by atoms with van der Waals surface area (Å²) < 4.78 is 18.7. The van der Waals surface area contributed by atoms with E-state index in [1.807, 2.05) is 36.4 Å². The fraction of sp³-hybridized carbons (Fsp3) is 0.0556. The monoisotopic (exact) mass is 280 g/mol. The number of benzene rings is 3. The molecule has 0 unspecified atom stereocenters. The third-order valence-electron chi connectivity index (χ3n) is 3.53. The summed E-state index contributed by atoms with van der Waals surface area (Å²) in [4.78, 5) is 11.2. The summed E-state index contributed by atoms with van der Waals surface area (Å²) in [5, 5.41) is 1.92. The van der Waals surface area contributed by atoms with Crippen LogP contribution in [-0.2, 0) is 0 Å². The summed E-state index contributed by atoms with van der Waals surface area (Å²) in [5.74, 6) is 0.350. The normalized spacial score (nSPS) is 10.6. The number of halogens is 1. The minimum atomic E-state index is -0.418. The van der Waals surface area contributed by atoms with Gasteiger partial charge in [-0.1, -0.05) is 36.4 Å². The molecule has 0 saturated heterocycles. The maximum atomic E-state index is 13.3. The van der Waals surface area contributed by atoms with Gasteiger partial charge in [0.25, 0.3) is 0 Å². The van der Waals surface area contributed by atoms with Crippen LogP contribution in [0.5, 0.6) is 5.75 Å². The Bertz CT molecular complexity index is 825. The topological polar surface area (TPSA) is 26.3 Å². The van der Waals surface area contributed by atoms with Gasteiger partial charge >= 0.3 is 0 Å². The molecule has 3 rings (SSSR count). The van der Waals surface area contributed by atoms with Gasteiger partial charge in [-0.3, -0.25) is 4.79 Å². The molecule has 0 bridgehead atoms. The van der Waals surface area contributed by atoms with Gasteiger partial charge in [-0.25, -0.2) is 4.39 Å². The van der Waals surface area contributed by atoms with E-state index in [4.69, 9.17) is 4.74 Å². The van der Waals surface area contributed by atoms with E-state index in [0.29, 0.717) is 17.4 Å². The van der Waals surface area contributed by atoms with Gasteiger partial charge in [-0.05, 0) is 34.7 Å². The first-order chi connectivity index (χ1) is 10.2. The number of aldehydes is 1. The molecule has 0 N–H and O–H groups in total. The molecule has 0 fully saturated rings. The molecule has 0 spiro atoms. The summed E-state index contributed by atoms with van der Waals surface area (Å²) in [7, 11) is 1.62. The Hall–Kier alpha value is -2.68. The van der Waals surface area contributed by atoms with Crippen LogP contribution < -0.4 is 4.74 Å². The second kappa shape index (κ2) is 5.37. The molecule has 0 atom stereocenters. The fourth-order valence-corrected chi connectivity index (χ4v) is 2.56. The molecule has 0 radical (unpaired) electrons. The molecule has 0 aliphatic heterocycles. The first-order valence-corrected chi connectivity index (χ1v) is 6.55. The van der Waals surface area contributed by atoms with E-state index in [1.54, 1.807) is 13.2 Å². The SMILES string of the molecule is COc1ccc(-c2ccc(F)cc2C=O)c2ccccc12. The number of ether oxygens (including phenoxy) is 1. The van der Waals surface area contributed by atoms with Crippen LogP contribution in [0.25, 0.3) is 21.9 Å². The second-order valence-electron chi connectivity index (χ2n) is 4.71. The average molecular weight is 280 g/mol. The molecule has 0 saturated carbocycles. The zero-order chi connectivity index (χ0) is 14.8. The lowest BCUT2D eigenvalue weighted by molar-refractivity contribution is 0.112. The maximum absolute atomic E-state index is 13.3. The zero-order valence-electron chi connectivity index (χ0n) is 11.5. The lowest BCUT2D eigenvalue weighted by Crippen LogP contribution is -1.92. The quantitative estimate of drug-likeness (QED) is 0.662. The third-order valence-corrected chi connectivity index (χ3v) is 3.53. The van der Waals surface area contributed by atoms with E-state index < -0.39 is 5.82 Å². The molecule has 0 amide bonds. The van der Waals surface area contributed by atoms with Gasteiger partial charge in [0.05, 0.1) is 7.11 Å². The molecule has 21 heavy (non-hydrogen) atoms. The van der Waals surface area contributed by atoms with Crippen LogP contribution in [0.2, 0.25) is 0 Å². The van der Waals surface area contributed by atoms with E-state index in [1.165, 1.54) is 12.1 Å². The van der Waals surface area contributed by atoms with Crippen molar-refractivity contribution in [3.8, 4) is 16.9 Å². The van der Waals surface area contributed by atoms with Crippen molar-refractivity contribution in [3.05, 3.63) is 66.0 Å². The van der Waals surface area contributed by atoms with Crippen LogP contribution in [0.4, 0.5) is 4.39 Å². The van der Waals surface area contributed by atoms with E-state index >= 15 is 0 Å². The standard InChI is InChI=1S/C18H13FO2/c1-21-18-9-8-16(15-4-2-3-5-17(15)18)14-7-6-13(19)10-12(14)11-20/h2-11H,1H3. The van der Waals surface area contributed by atoms with Crippen molar-refractivity contribution in [2.45, 2.75) is 0 Å². The van der Waals surface area contributed by atoms with Crippen LogP contribution in [-0.4, -0.2) is 13.4 Å². The molecule has 104 valence electrons. The molecule has 0 aliphatic rings. The Kier molecular flexibility index (Phi) is 3.40. The van der Waals surface area contributed by atoms with E-state index in [2.05, 4.69) is 0 Å². The van der Waals surface area contributed by atoms with E-state index in [0.717, 1.165) is 22.1 Å². The Balaban J connectivity index is 2.34. The Morgan fingerprint density at radius 1 is 0.952 bits per heavy atom.